The van der Waals surface area contributed by atoms with Crippen LogP contribution in [0, 0.1) is 0 Å². The first-order valence-corrected chi connectivity index (χ1v) is 9.03. The van der Waals surface area contributed by atoms with Crippen LogP contribution in [0.15, 0.2) is 57.9 Å². The van der Waals surface area contributed by atoms with Gasteiger partial charge in [-0.15, -0.1) is 0 Å². The van der Waals surface area contributed by atoms with E-state index in [1.165, 1.54) is 0 Å². The number of pyridine rings is 1. The lowest BCUT2D eigenvalue weighted by atomic mass is 10.1. The normalized spacial score (nSPS) is 15.5. The molecule has 1 aromatic heterocycles. The van der Waals surface area contributed by atoms with Crippen LogP contribution in [0.2, 0.25) is 0 Å². The number of halogens is 1. The van der Waals surface area contributed by atoms with E-state index >= 15 is 0 Å². The quantitative estimate of drug-likeness (QED) is 0.731. The van der Waals surface area contributed by atoms with E-state index < -0.39 is 0 Å². The lowest BCUT2D eigenvalue weighted by Crippen LogP contribution is -2.29. The van der Waals surface area contributed by atoms with Crippen molar-refractivity contribution in [2.45, 2.75) is 25.9 Å². The number of amides is 1. The van der Waals surface area contributed by atoms with Crippen LogP contribution in [0.3, 0.4) is 0 Å². The molecule has 0 fully saturated rings. The highest BCUT2D eigenvalue weighted by Gasteiger charge is 2.25. The first kappa shape index (κ1) is 16.1. The fraction of sp³-hybridized carbons (Fsp3) is 0.200. The Labute approximate surface area is 153 Å². The SMILES string of the molecule is C[C@H]1Cc2cc(Br)cc3c(=O)c(C(=O)NCc4ccccc4)cn1c23. The van der Waals surface area contributed by atoms with Crippen molar-refractivity contribution in [2.75, 3.05) is 0 Å². The maximum atomic E-state index is 12.9. The van der Waals surface area contributed by atoms with E-state index in [0.29, 0.717) is 11.9 Å². The van der Waals surface area contributed by atoms with Crippen LogP contribution in [-0.2, 0) is 13.0 Å². The molecule has 0 aliphatic carbocycles. The van der Waals surface area contributed by atoms with E-state index in [4.69, 9.17) is 0 Å². The number of hydrogen-bond donors (Lipinski definition) is 1. The van der Waals surface area contributed by atoms with Gasteiger partial charge in [-0.05, 0) is 36.6 Å². The summed E-state index contributed by atoms with van der Waals surface area (Å²) >= 11 is 3.48. The average molecular weight is 397 g/mol. The standard InChI is InChI=1S/C20H17BrN2O2/c1-12-7-14-8-15(21)9-16-18(14)23(12)11-17(19(16)24)20(25)22-10-13-5-3-2-4-6-13/h2-6,8-9,11-12H,7,10H2,1H3,(H,22,25)/t12-/m0/s1. The maximum absolute atomic E-state index is 12.9. The second-order valence-electron chi connectivity index (χ2n) is 6.46. The number of nitrogens with zero attached hydrogens (tertiary/aromatic N) is 1. The van der Waals surface area contributed by atoms with Crippen molar-refractivity contribution in [1.29, 1.82) is 0 Å². The van der Waals surface area contributed by atoms with Gasteiger partial charge in [0.15, 0.2) is 0 Å². The zero-order valence-electron chi connectivity index (χ0n) is 13.8. The minimum atomic E-state index is -0.333. The first-order valence-electron chi connectivity index (χ1n) is 8.24. The van der Waals surface area contributed by atoms with E-state index in [1.54, 1.807) is 6.20 Å². The number of nitrogens with one attached hydrogen (secondary N) is 1. The van der Waals surface area contributed by atoms with E-state index in [-0.39, 0.29) is 22.9 Å². The summed E-state index contributed by atoms with van der Waals surface area (Å²) < 4.78 is 2.92. The molecule has 1 aliphatic rings. The first-order chi connectivity index (χ1) is 12.0. The molecule has 0 bridgehead atoms. The molecule has 1 amide bonds. The van der Waals surface area contributed by atoms with Crippen molar-refractivity contribution >= 4 is 32.7 Å². The second-order valence-corrected chi connectivity index (χ2v) is 7.38. The second kappa shape index (κ2) is 6.15. The van der Waals surface area contributed by atoms with Crippen molar-refractivity contribution in [3.63, 3.8) is 0 Å². The Morgan fingerprint density at radius 3 is 2.80 bits per heavy atom. The molecule has 4 rings (SSSR count). The lowest BCUT2D eigenvalue weighted by molar-refractivity contribution is 0.0949. The number of rotatable bonds is 3. The minimum Gasteiger partial charge on any atom is -0.348 e. The highest BCUT2D eigenvalue weighted by Crippen LogP contribution is 2.33. The molecule has 0 spiro atoms. The monoisotopic (exact) mass is 396 g/mol. The van der Waals surface area contributed by atoms with Crippen LogP contribution in [0.1, 0.15) is 34.5 Å². The molecule has 1 atom stereocenters. The molecule has 1 N–H and O–H groups in total. The van der Waals surface area contributed by atoms with Gasteiger partial charge >= 0.3 is 0 Å². The predicted molar refractivity (Wildman–Crippen MR) is 102 cm³/mol. The third kappa shape index (κ3) is 2.78. The fourth-order valence-corrected chi connectivity index (χ4v) is 4.00. The van der Waals surface area contributed by atoms with Crippen molar-refractivity contribution in [3.8, 4) is 0 Å². The molecule has 1 aliphatic heterocycles. The summed E-state index contributed by atoms with van der Waals surface area (Å²) in [4.78, 5) is 25.5. The Morgan fingerprint density at radius 1 is 1.28 bits per heavy atom. The fourth-order valence-electron chi connectivity index (χ4n) is 3.50. The Morgan fingerprint density at radius 2 is 2.04 bits per heavy atom. The highest BCUT2D eigenvalue weighted by molar-refractivity contribution is 9.10. The van der Waals surface area contributed by atoms with Crippen LogP contribution >= 0.6 is 15.9 Å². The van der Waals surface area contributed by atoms with Gasteiger partial charge < -0.3 is 9.88 Å². The molecule has 25 heavy (non-hydrogen) atoms. The van der Waals surface area contributed by atoms with Crippen LogP contribution in [0.5, 0.6) is 0 Å². The zero-order valence-corrected chi connectivity index (χ0v) is 15.3. The summed E-state index contributed by atoms with van der Waals surface area (Å²) in [6, 6.07) is 13.8. The van der Waals surface area contributed by atoms with Gasteiger partial charge in [-0.3, -0.25) is 9.59 Å². The zero-order chi connectivity index (χ0) is 17.6. The van der Waals surface area contributed by atoms with Gasteiger partial charge in [0.05, 0.1) is 5.52 Å². The molecular weight excluding hydrogens is 380 g/mol. The molecular formula is C20H17BrN2O2. The Hall–Kier alpha value is -2.40. The number of carbonyl (C=O) groups excluding carboxylic acids is 1. The highest BCUT2D eigenvalue weighted by atomic mass is 79.9. The molecule has 0 saturated heterocycles. The Balaban J connectivity index is 1.75. The molecule has 5 heteroatoms. The van der Waals surface area contributed by atoms with E-state index in [0.717, 1.165) is 27.5 Å². The summed E-state index contributed by atoms with van der Waals surface area (Å²) in [6.45, 7) is 2.50. The summed E-state index contributed by atoms with van der Waals surface area (Å²) in [5.74, 6) is -0.333. The van der Waals surface area contributed by atoms with Crippen LogP contribution in [0.25, 0.3) is 10.9 Å². The molecule has 2 aromatic carbocycles. The number of benzene rings is 2. The summed E-state index contributed by atoms with van der Waals surface area (Å²) in [6.07, 6.45) is 2.57. The van der Waals surface area contributed by atoms with E-state index in [2.05, 4.69) is 38.8 Å². The van der Waals surface area contributed by atoms with Crippen LogP contribution in [-0.4, -0.2) is 10.5 Å². The maximum Gasteiger partial charge on any atom is 0.257 e. The lowest BCUT2D eigenvalue weighted by Gasteiger charge is -2.13. The molecule has 0 saturated carbocycles. The van der Waals surface area contributed by atoms with Crippen molar-refractivity contribution in [3.05, 3.63) is 80.0 Å². The van der Waals surface area contributed by atoms with Gasteiger partial charge in [0, 0.05) is 28.6 Å². The molecule has 4 nitrogen and oxygen atoms in total. The average Bonchev–Trinajstić information content (AvgIpc) is 2.92. The van der Waals surface area contributed by atoms with Gasteiger partial charge in [-0.1, -0.05) is 46.3 Å². The van der Waals surface area contributed by atoms with E-state index in [9.17, 15) is 9.59 Å². The van der Waals surface area contributed by atoms with Gasteiger partial charge in [0.2, 0.25) is 5.43 Å². The molecule has 126 valence electrons. The molecule has 0 unspecified atom stereocenters. The van der Waals surface area contributed by atoms with Crippen molar-refractivity contribution in [1.82, 2.24) is 9.88 Å². The Kier molecular flexibility index (Phi) is 3.96. The van der Waals surface area contributed by atoms with Crippen LogP contribution < -0.4 is 10.7 Å². The topological polar surface area (TPSA) is 51.1 Å². The molecule has 0 radical (unpaired) electrons. The van der Waals surface area contributed by atoms with Crippen molar-refractivity contribution in [2.24, 2.45) is 0 Å². The third-order valence-electron chi connectivity index (χ3n) is 4.70. The Bertz CT molecular complexity index is 1040. The van der Waals surface area contributed by atoms with E-state index in [1.807, 2.05) is 36.4 Å². The summed E-state index contributed by atoms with van der Waals surface area (Å²) in [5.41, 5.74) is 3.07. The summed E-state index contributed by atoms with van der Waals surface area (Å²) in [7, 11) is 0. The van der Waals surface area contributed by atoms with Crippen molar-refractivity contribution < 1.29 is 4.79 Å². The molecule has 2 heterocycles. The van der Waals surface area contributed by atoms with Gasteiger partial charge in [0.1, 0.15) is 5.56 Å². The largest absolute Gasteiger partial charge is 0.348 e. The van der Waals surface area contributed by atoms with Gasteiger partial charge in [-0.25, -0.2) is 0 Å². The summed E-state index contributed by atoms with van der Waals surface area (Å²) in [5, 5.41) is 3.45. The predicted octanol–water partition coefficient (Wildman–Crippen LogP) is 3.81. The molecule has 3 aromatic rings. The van der Waals surface area contributed by atoms with Gasteiger partial charge in [-0.2, -0.15) is 0 Å². The number of hydrogen-bond acceptors (Lipinski definition) is 2. The smallest absolute Gasteiger partial charge is 0.257 e. The number of aromatic nitrogens is 1. The van der Waals surface area contributed by atoms with Crippen LogP contribution in [0.4, 0.5) is 0 Å². The number of carbonyl (C=O) groups is 1. The third-order valence-corrected chi connectivity index (χ3v) is 5.16. The minimum absolute atomic E-state index is 0.196. The van der Waals surface area contributed by atoms with Gasteiger partial charge in [0.25, 0.3) is 5.91 Å².